The number of rotatable bonds is 2. The van der Waals surface area contributed by atoms with E-state index in [-0.39, 0.29) is 13.1 Å². The Labute approximate surface area is 171 Å². The van der Waals surface area contributed by atoms with Crippen LogP contribution in [-0.4, -0.2) is 43.3 Å². The highest BCUT2D eigenvalue weighted by atomic mass is 127. The molecule has 2 aromatic heterocycles. The number of carbonyl (C=O) groups excluding carboxylic acids is 1. The lowest BCUT2D eigenvalue weighted by atomic mass is 9.99. The summed E-state index contributed by atoms with van der Waals surface area (Å²) in [6.45, 7) is -0.0277. The molecule has 0 spiro atoms. The summed E-state index contributed by atoms with van der Waals surface area (Å²) in [5, 5.41) is 8.18. The summed E-state index contributed by atoms with van der Waals surface area (Å²) < 4.78 is 40.6. The predicted octanol–water partition coefficient (Wildman–Crippen LogP) is 3.16. The van der Waals surface area contributed by atoms with Gasteiger partial charge >= 0.3 is 12.1 Å². The second-order valence-electron chi connectivity index (χ2n) is 6.43. The van der Waals surface area contributed by atoms with Crippen LogP contribution in [0.2, 0.25) is 0 Å². The number of aryl methyl sites for hydroxylation is 1. The van der Waals surface area contributed by atoms with Crippen molar-refractivity contribution in [2.24, 2.45) is 7.05 Å². The molecule has 0 radical (unpaired) electrons. The molecule has 11 heteroatoms. The van der Waals surface area contributed by atoms with Crippen LogP contribution in [0.15, 0.2) is 24.4 Å². The van der Waals surface area contributed by atoms with Gasteiger partial charge in [0.1, 0.15) is 3.70 Å². The summed E-state index contributed by atoms with van der Waals surface area (Å²) in [4.78, 5) is 21.1. The van der Waals surface area contributed by atoms with Crippen molar-refractivity contribution < 1.29 is 18.0 Å². The summed E-state index contributed by atoms with van der Waals surface area (Å²) in [6, 6.07) is 5.39. The average molecular weight is 502 g/mol. The van der Waals surface area contributed by atoms with E-state index >= 15 is 0 Å². The van der Waals surface area contributed by atoms with Crippen molar-refractivity contribution in [1.82, 2.24) is 24.6 Å². The first kappa shape index (κ1) is 18.9. The summed E-state index contributed by atoms with van der Waals surface area (Å²) in [5.41, 5.74) is 2.90. The Morgan fingerprint density at radius 3 is 2.82 bits per heavy atom. The molecule has 146 valence electrons. The standard InChI is InChI=1S/C17H14F3IN6O/c1-26-14-12(13(21)25-26)7-22-16(24-14)23-11-3-2-9-4-5-27(8-10(9)6-11)15(28)17(18,19)20/h2-3,6-7H,4-5,8H2,1H3,(H,22,23,24). The minimum atomic E-state index is -4.86. The molecule has 0 fully saturated rings. The largest absolute Gasteiger partial charge is 0.471 e. The molecule has 4 rings (SSSR count). The molecule has 0 saturated heterocycles. The fraction of sp³-hybridized carbons (Fsp3) is 0.294. The molecular formula is C17H14F3IN6O. The van der Waals surface area contributed by atoms with Crippen molar-refractivity contribution in [3.63, 3.8) is 0 Å². The number of benzene rings is 1. The van der Waals surface area contributed by atoms with Crippen molar-refractivity contribution in [2.75, 3.05) is 11.9 Å². The predicted molar refractivity (Wildman–Crippen MR) is 104 cm³/mol. The number of carbonyl (C=O) groups is 1. The third-order valence-corrected chi connectivity index (χ3v) is 5.34. The Bertz CT molecular complexity index is 1080. The van der Waals surface area contributed by atoms with Crippen molar-refractivity contribution >= 4 is 51.2 Å². The summed E-state index contributed by atoms with van der Waals surface area (Å²) in [6.07, 6.45) is -2.81. The van der Waals surface area contributed by atoms with Gasteiger partial charge in [-0.1, -0.05) is 6.07 Å². The van der Waals surface area contributed by atoms with Crippen LogP contribution in [0.4, 0.5) is 24.8 Å². The Morgan fingerprint density at radius 1 is 1.29 bits per heavy atom. The van der Waals surface area contributed by atoms with E-state index in [0.717, 1.165) is 19.6 Å². The Kier molecular flexibility index (Phi) is 4.63. The van der Waals surface area contributed by atoms with Crippen molar-refractivity contribution in [2.45, 2.75) is 19.1 Å². The van der Waals surface area contributed by atoms with E-state index in [4.69, 9.17) is 0 Å². The Morgan fingerprint density at radius 2 is 2.07 bits per heavy atom. The zero-order chi connectivity index (χ0) is 20.1. The van der Waals surface area contributed by atoms with E-state index in [2.05, 4.69) is 43.0 Å². The molecule has 0 unspecified atom stereocenters. The fourth-order valence-electron chi connectivity index (χ4n) is 3.17. The highest BCUT2D eigenvalue weighted by Gasteiger charge is 2.43. The van der Waals surface area contributed by atoms with Crippen LogP contribution in [0, 0.1) is 3.70 Å². The van der Waals surface area contributed by atoms with Gasteiger partial charge in [0, 0.05) is 32.0 Å². The summed E-state index contributed by atoms with van der Waals surface area (Å²) in [7, 11) is 1.78. The number of fused-ring (bicyclic) bond motifs is 2. The molecule has 1 amide bonds. The first-order valence-electron chi connectivity index (χ1n) is 8.32. The topological polar surface area (TPSA) is 75.9 Å². The van der Waals surface area contributed by atoms with E-state index < -0.39 is 12.1 Å². The number of hydrogen-bond donors (Lipinski definition) is 1. The molecule has 1 aromatic carbocycles. The third kappa shape index (κ3) is 3.50. The fourth-order valence-corrected chi connectivity index (χ4v) is 3.88. The number of amides is 1. The third-order valence-electron chi connectivity index (χ3n) is 4.54. The number of aromatic nitrogens is 4. The van der Waals surface area contributed by atoms with E-state index in [1.54, 1.807) is 24.0 Å². The number of nitrogens with zero attached hydrogens (tertiary/aromatic N) is 5. The number of alkyl halides is 3. The van der Waals surface area contributed by atoms with Crippen LogP contribution in [-0.2, 0) is 24.8 Å². The van der Waals surface area contributed by atoms with Gasteiger partial charge in [-0.3, -0.25) is 4.79 Å². The highest BCUT2D eigenvalue weighted by molar-refractivity contribution is 14.1. The maximum Gasteiger partial charge on any atom is 0.471 e. The minimum Gasteiger partial charge on any atom is -0.330 e. The minimum absolute atomic E-state index is 0.0526. The quantitative estimate of drug-likeness (QED) is 0.546. The molecule has 0 atom stereocenters. The van der Waals surface area contributed by atoms with Gasteiger partial charge in [0.05, 0.1) is 5.39 Å². The second kappa shape index (κ2) is 6.87. The van der Waals surface area contributed by atoms with Crippen molar-refractivity contribution in [1.29, 1.82) is 0 Å². The van der Waals surface area contributed by atoms with Crippen LogP contribution in [0.3, 0.4) is 0 Å². The van der Waals surface area contributed by atoms with Crippen LogP contribution in [0.25, 0.3) is 11.0 Å². The normalized spacial score (nSPS) is 14.2. The molecule has 3 aromatic rings. The van der Waals surface area contributed by atoms with Crippen LogP contribution >= 0.6 is 22.6 Å². The molecule has 0 aliphatic carbocycles. The maximum atomic E-state index is 12.7. The van der Waals surface area contributed by atoms with Crippen LogP contribution < -0.4 is 5.32 Å². The lowest BCUT2D eigenvalue weighted by Gasteiger charge is -2.29. The molecule has 7 nitrogen and oxygen atoms in total. The van der Waals surface area contributed by atoms with Gasteiger partial charge in [-0.15, -0.1) is 0 Å². The van der Waals surface area contributed by atoms with E-state index in [1.165, 1.54) is 0 Å². The van der Waals surface area contributed by atoms with E-state index in [9.17, 15) is 18.0 Å². The first-order chi connectivity index (χ1) is 13.2. The Balaban J connectivity index is 1.58. The van der Waals surface area contributed by atoms with Crippen LogP contribution in [0.1, 0.15) is 11.1 Å². The Hall–Kier alpha value is -2.44. The van der Waals surface area contributed by atoms with Crippen molar-refractivity contribution in [3.05, 3.63) is 39.2 Å². The molecule has 1 aliphatic rings. The van der Waals surface area contributed by atoms with Gasteiger partial charge in [0.25, 0.3) is 0 Å². The molecule has 0 bridgehead atoms. The summed E-state index contributed by atoms with van der Waals surface area (Å²) in [5.74, 6) is -1.46. The smallest absolute Gasteiger partial charge is 0.330 e. The molecule has 3 heterocycles. The summed E-state index contributed by atoms with van der Waals surface area (Å²) >= 11 is 2.11. The second-order valence-corrected chi connectivity index (χ2v) is 7.45. The molecule has 1 N–H and O–H groups in total. The zero-order valence-corrected chi connectivity index (χ0v) is 16.7. The van der Waals surface area contributed by atoms with Gasteiger partial charge in [-0.05, 0) is 52.3 Å². The number of nitrogens with one attached hydrogen (secondary N) is 1. The van der Waals surface area contributed by atoms with E-state index in [1.807, 2.05) is 12.1 Å². The average Bonchev–Trinajstić information content (AvgIpc) is 2.93. The van der Waals surface area contributed by atoms with Crippen molar-refractivity contribution in [3.8, 4) is 0 Å². The van der Waals surface area contributed by atoms with Crippen LogP contribution in [0.5, 0.6) is 0 Å². The SMILES string of the molecule is Cn1nc(I)c2cnc(Nc3ccc4c(c3)CN(C(=O)C(F)(F)F)CC4)nc21. The molecule has 1 aliphatic heterocycles. The van der Waals surface area contributed by atoms with Gasteiger partial charge in [0.2, 0.25) is 5.95 Å². The number of hydrogen-bond acceptors (Lipinski definition) is 5. The number of halogens is 4. The monoisotopic (exact) mass is 502 g/mol. The van der Waals surface area contributed by atoms with E-state index in [0.29, 0.717) is 29.3 Å². The molecule has 0 saturated carbocycles. The van der Waals surface area contributed by atoms with Gasteiger partial charge in [-0.2, -0.15) is 23.3 Å². The highest BCUT2D eigenvalue weighted by Crippen LogP contribution is 2.28. The lowest BCUT2D eigenvalue weighted by molar-refractivity contribution is -0.186. The van der Waals surface area contributed by atoms with Gasteiger partial charge in [-0.25, -0.2) is 9.67 Å². The number of anilines is 2. The molecular weight excluding hydrogens is 488 g/mol. The zero-order valence-electron chi connectivity index (χ0n) is 14.6. The van der Waals surface area contributed by atoms with Gasteiger partial charge < -0.3 is 10.2 Å². The maximum absolute atomic E-state index is 12.7. The molecule has 28 heavy (non-hydrogen) atoms. The lowest BCUT2D eigenvalue weighted by Crippen LogP contribution is -2.43. The van der Waals surface area contributed by atoms with Gasteiger partial charge in [0.15, 0.2) is 5.65 Å². The first-order valence-corrected chi connectivity index (χ1v) is 9.40.